The van der Waals surface area contributed by atoms with E-state index in [1.54, 1.807) is 6.20 Å². The Labute approximate surface area is 159 Å². The van der Waals surface area contributed by atoms with Crippen molar-refractivity contribution in [3.63, 3.8) is 0 Å². The first kappa shape index (κ1) is 18.0. The van der Waals surface area contributed by atoms with E-state index in [0.29, 0.717) is 18.9 Å². The maximum absolute atomic E-state index is 12.5. The second-order valence-corrected chi connectivity index (χ2v) is 8.08. The predicted molar refractivity (Wildman–Crippen MR) is 103 cm³/mol. The van der Waals surface area contributed by atoms with Crippen LogP contribution in [0.2, 0.25) is 0 Å². The summed E-state index contributed by atoms with van der Waals surface area (Å²) in [5, 5.41) is 3.05. The molecule has 1 atom stereocenters. The van der Waals surface area contributed by atoms with Crippen LogP contribution in [0.4, 0.5) is 0 Å². The van der Waals surface area contributed by atoms with E-state index in [0.717, 1.165) is 23.4 Å². The monoisotopic (exact) mass is 368 g/mol. The topological polar surface area (TPSA) is 66.7 Å². The molecule has 2 aliphatic rings. The van der Waals surface area contributed by atoms with Crippen molar-refractivity contribution in [1.82, 2.24) is 19.6 Å². The zero-order chi connectivity index (χ0) is 18.8. The summed E-state index contributed by atoms with van der Waals surface area (Å²) in [5.74, 6) is 0.769. The van der Waals surface area contributed by atoms with Gasteiger partial charge in [-0.15, -0.1) is 0 Å². The molecule has 1 aliphatic carbocycles. The summed E-state index contributed by atoms with van der Waals surface area (Å²) in [6.45, 7) is 3.52. The number of likely N-dealkylation sites (tertiary alicyclic amines) is 1. The van der Waals surface area contributed by atoms with Crippen LogP contribution in [0.5, 0.6) is 0 Å². The van der Waals surface area contributed by atoms with Gasteiger partial charge in [0.15, 0.2) is 0 Å². The number of fused-ring (bicyclic) bond motifs is 1. The number of pyridine rings is 1. The number of imidazole rings is 1. The van der Waals surface area contributed by atoms with E-state index in [2.05, 4.69) is 10.3 Å². The number of carbonyl (C=O) groups excluding carboxylic acids is 2. The van der Waals surface area contributed by atoms with E-state index in [9.17, 15) is 9.59 Å². The normalized spacial score (nSPS) is 21.1. The Kier molecular flexibility index (Phi) is 5.14. The number of hydrogen-bond acceptors (Lipinski definition) is 3. The maximum atomic E-state index is 12.5. The van der Waals surface area contributed by atoms with Crippen molar-refractivity contribution in [1.29, 1.82) is 0 Å². The molecule has 2 aromatic rings. The molecule has 3 heterocycles. The Hall–Kier alpha value is -2.37. The van der Waals surface area contributed by atoms with E-state index in [1.165, 1.54) is 32.1 Å². The van der Waals surface area contributed by atoms with Gasteiger partial charge in [0.25, 0.3) is 0 Å². The number of amides is 2. The minimum Gasteiger partial charge on any atom is -0.351 e. The number of carbonyl (C=O) groups is 2. The second-order valence-electron chi connectivity index (χ2n) is 8.08. The van der Waals surface area contributed by atoms with E-state index in [4.69, 9.17) is 0 Å². The van der Waals surface area contributed by atoms with Crippen LogP contribution in [0.3, 0.4) is 0 Å². The highest BCUT2D eigenvalue weighted by atomic mass is 16.2. The van der Waals surface area contributed by atoms with Gasteiger partial charge >= 0.3 is 0 Å². The highest BCUT2D eigenvalue weighted by molar-refractivity contribution is 5.83. The average Bonchev–Trinajstić information content (AvgIpc) is 3.20. The van der Waals surface area contributed by atoms with Crippen molar-refractivity contribution in [3.8, 4) is 0 Å². The highest BCUT2D eigenvalue weighted by Crippen LogP contribution is 2.26. The Morgan fingerprint density at radius 3 is 2.93 bits per heavy atom. The van der Waals surface area contributed by atoms with Gasteiger partial charge in [-0.1, -0.05) is 25.3 Å². The molecule has 2 amide bonds. The largest absolute Gasteiger partial charge is 0.351 e. The number of rotatable bonds is 5. The smallest absolute Gasteiger partial charge is 0.226 e. The summed E-state index contributed by atoms with van der Waals surface area (Å²) < 4.78 is 1.96. The molecule has 2 aromatic heterocycles. The molecular weight excluding hydrogens is 340 g/mol. The second kappa shape index (κ2) is 7.71. The van der Waals surface area contributed by atoms with Gasteiger partial charge in [0.05, 0.1) is 18.2 Å². The fourth-order valence-electron chi connectivity index (χ4n) is 4.50. The summed E-state index contributed by atoms with van der Waals surface area (Å²) in [7, 11) is 0. The molecule has 0 aromatic carbocycles. The quantitative estimate of drug-likeness (QED) is 0.882. The molecular formula is C21H28N4O2. The molecule has 0 unspecified atom stereocenters. The first-order valence-electron chi connectivity index (χ1n) is 10.1. The third-order valence-electron chi connectivity index (χ3n) is 5.93. The van der Waals surface area contributed by atoms with Crippen molar-refractivity contribution in [2.75, 3.05) is 13.1 Å². The molecule has 1 saturated carbocycles. The van der Waals surface area contributed by atoms with Crippen LogP contribution >= 0.6 is 0 Å². The summed E-state index contributed by atoms with van der Waals surface area (Å²) in [6, 6.07) is 3.90. The zero-order valence-corrected chi connectivity index (χ0v) is 16.0. The third-order valence-corrected chi connectivity index (χ3v) is 5.93. The standard InChI is InChI=1S/C21H28N4O2/c1-15-6-5-9-25-18(12-22-21(15)25)11-19(26)23-17-10-20(27)24(14-17)13-16-7-3-2-4-8-16/h5-6,9,12,16-17H,2-4,7-8,10-11,13-14H2,1H3,(H,23,26)/t17-/m1/s1. The van der Waals surface area contributed by atoms with Gasteiger partial charge in [-0.2, -0.15) is 0 Å². The first-order valence-corrected chi connectivity index (χ1v) is 10.1. The molecule has 1 N–H and O–H groups in total. The maximum Gasteiger partial charge on any atom is 0.226 e. The van der Waals surface area contributed by atoms with Crippen molar-refractivity contribution in [2.24, 2.45) is 5.92 Å². The summed E-state index contributed by atoms with van der Waals surface area (Å²) in [6.07, 6.45) is 10.7. The van der Waals surface area contributed by atoms with Crippen molar-refractivity contribution in [2.45, 2.75) is 57.9 Å². The summed E-state index contributed by atoms with van der Waals surface area (Å²) >= 11 is 0. The number of nitrogens with one attached hydrogen (secondary N) is 1. The minimum atomic E-state index is -0.0745. The van der Waals surface area contributed by atoms with E-state index in [-0.39, 0.29) is 24.3 Å². The Bertz CT molecular complexity index is 838. The summed E-state index contributed by atoms with van der Waals surface area (Å²) in [4.78, 5) is 31.2. The third kappa shape index (κ3) is 3.99. The SMILES string of the molecule is Cc1cccn2c(CC(=O)N[C@@H]3CC(=O)N(CC4CCCCC4)C3)cnc12. The Morgan fingerprint density at radius 2 is 2.11 bits per heavy atom. The van der Waals surface area contributed by atoms with Crippen LogP contribution < -0.4 is 5.32 Å². The van der Waals surface area contributed by atoms with Gasteiger partial charge in [0, 0.05) is 31.9 Å². The van der Waals surface area contributed by atoms with Crippen LogP contribution in [0.25, 0.3) is 5.65 Å². The van der Waals surface area contributed by atoms with Gasteiger partial charge < -0.3 is 14.6 Å². The van der Waals surface area contributed by atoms with Crippen LogP contribution in [0.15, 0.2) is 24.5 Å². The van der Waals surface area contributed by atoms with Crippen molar-refractivity contribution >= 4 is 17.5 Å². The Morgan fingerprint density at radius 1 is 1.30 bits per heavy atom. The number of nitrogens with zero attached hydrogens (tertiary/aromatic N) is 3. The van der Waals surface area contributed by atoms with Gasteiger partial charge in [0.2, 0.25) is 11.8 Å². The van der Waals surface area contributed by atoms with Gasteiger partial charge in [-0.25, -0.2) is 4.98 Å². The van der Waals surface area contributed by atoms with Crippen LogP contribution in [-0.4, -0.2) is 45.2 Å². The molecule has 27 heavy (non-hydrogen) atoms. The van der Waals surface area contributed by atoms with Crippen molar-refractivity contribution in [3.05, 3.63) is 35.8 Å². The molecule has 144 valence electrons. The molecule has 6 nitrogen and oxygen atoms in total. The molecule has 0 bridgehead atoms. The van der Waals surface area contributed by atoms with Crippen LogP contribution in [-0.2, 0) is 16.0 Å². The molecule has 0 spiro atoms. The van der Waals surface area contributed by atoms with Gasteiger partial charge in [-0.3, -0.25) is 9.59 Å². The summed E-state index contributed by atoms with van der Waals surface area (Å²) in [5.41, 5.74) is 2.84. The van der Waals surface area contributed by atoms with Crippen molar-refractivity contribution < 1.29 is 9.59 Å². The number of aromatic nitrogens is 2. The molecule has 0 radical (unpaired) electrons. The lowest BCUT2D eigenvalue weighted by Gasteiger charge is -2.27. The van der Waals surface area contributed by atoms with Gasteiger partial charge in [-0.05, 0) is 37.3 Å². The fraction of sp³-hybridized carbons (Fsp3) is 0.571. The van der Waals surface area contributed by atoms with E-state index >= 15 is 0 Å². The lowest BCUT2D eigenvalue weighted by atomic mass is 9.89. The minimum absolute atomic E-state index is 0.0457. The predicted octanol–water partition coefficient (Wildman–Crippen LogP) is 2.48. The average molecular weight is 368 g/mol. The van der Waals surface area contributed by atoms with E-state index < -0.39 is 0 Å². The lowest BCUT2D eigenvalue weighted by Crippen LogP contribution is -2.39. The lowest BCUT2D eigenvalue weighted by molar-refractivity contribution is -0.128. The van der Waals surface area contributed by atoms with E-state index in [1.807, 2.05) is 34.6 Å². The Balaban J connectivity index is 1.33. The van der Waals surface area contributed by atoms with Gasteiger partial charge in [0.1, 0.15) is 5.65 Å². The fourth-order valence-corrected chi connectivity index (χ4v) is 4.50. The zero-order valence-electron chi connectivity index (χ0n) is 16.0. The molecule has 1 saturated heterocycles. The van der Waals surface area contributed by atoms with Crippen LogP contribution in [0.1, 0.15) is 49.8 Å². The van der Waals surface area contributed by atoms with Crippen LogP contribution in [0, 0.1) is 12.8 Å². The first-order chi connectivity index (χ1) is 13.1. The molecule has 1 aliphatic heterocycles. The molecule has 4 rings (SSSR count). The molecule has 6 heteroatoms. The number of hydrogen-bond donors (Lipinski definition) is 1. The number of aryl methyl sites for hydroxylation is 1. The highest BCUT2D eigenvalue weighted by Gasteiger charge is 2.32. The molecule has 2 fully saturated rings.